The van der Waals surface area contributed by atoms with Crippen LogP contribution in [0.4, 0.5) is 26.7 Å². The van der Waals surface area contributed by atoms with Gasteiger partial charge in [-0.25, -0.2) is 13.6 Å². The molecule has 0 saturated carbocycles. The number of benzene rings is 1. The number of urea groups is 1. The molecule has 1 N–H and O–H groups in total. The van der Waals surface area contributed by atoms with Gasteiger partial charge in [0, 0.05) is 25.6 Å². The van der Waals surface area contributed by atoms with Gasteiger partial charge in [-0.2, -0.15) is 13.2 Å². The Morgan fingerprint density at radius 1 is 1.13 bits per heavy atom. The van der Waals surface area contributed by atoms with Crippen molar-refractivity contribution < 1.29 is 36.3 Å². The lowest BCUT2D eigenvalue weighted by molar-refractivity contribution is -0.195. The first kappa shape index (κ1) is 20.8. The molecule has 0 spiro atoms. The van der Waals surface area contributed by atoms with Gasteiger partial charge in [-0.05, 0) is 11.1 Å². The summed E-state index contributed by atoms with van der Waals surface area (Å²) in [6.45, 7) is -0.721. The van der Waals surface area contributed by atoms with Gasteiger partial charge in [-0.15, -0.1) is 0 Å². The van der Waals surface area contributed by atoms with Crippen LogP contribution in [0.15, 0.2) is 24.3 Å². The molecule has 3 fully saturated rings. The maximum atomic E-state index is 14.4. The highest BCUT2D eigenvalue weighted by Crippen LogP contribution is 2.34. The molecule has 11 heteroatoms. The van der Waals surface area contributed by atoms with Crippen LogP contribution < -0.4 is 5.32 Å². The van der Waals surface area contributed by atoms with Crippen molar-refractivity contribution in [3.63, 3.8) is 0 Å². The Labute approximate surface area is 168 Å². The number of nitrogens with one attached hydrogen (secondary N) is 1. The van der Waals surface area contributed by atoms with Gasteiger partial charge < -0.3 is 19.9 Å². The molecule has 1 aromatic carbocycles. The lowest BCUT2D eigenvalue weighted by atomic mass is 9.90. The van der Waals surface area contributed by atoms with E-state index in [0.717, 1.165) is 10.5 Å². The van der Waals surface area contributed by atoms with Gasteiger partial charge in [0.25, 0.3) is 5.92 Å². The van der Waals surface area contributed by atoms with Crippen molar-refractivity contribution in [3.8, 4) is 0 Å². The summed E-state index contributed by atoms with van der Waals surface area (Å²) >= 11 is 0. The summed E-state index contributed by atoms with van der Waals surface area (Å²) in [7, 11) is 0. The predicted molar refractivity (Wildman–Crippen MR) is 94.1 cm³/mol. The van der Waals surface area contributed by atoms with Crippen LogP contribution >= 0.6 is 0 Å². The van der Waals surface area contributed by atoms with Crippen molar-refractivity contribution in [2.75, 3.05) is 32.8 Å². The number of morpholine rings is 1. The average Bonchev–Trinajstić information content (AvgIpc) is 2.59. The quantitative estimate of drug-likeness (QED) is 0.728. The standard InChI is InChI=1S/C19H20F5N3O3/c20-18(21)10-27(8-14-16(18)30-9-15(28)25-14)17(29)26-6-13(7-26)12-3-1-11(2-4-12)5-19(22,23)24/h1-4,13-14,16H,5-10H2,(H,25,28)/t14-,16-/m1/s1. The van der Waals surface area contributed by atoms with Crippen LogP contribution in [-0.4, -0.2) is 78.8 Å². The van der Waals surface area contributed by atoms with Gasteiger partial charge in [-0.3, -0.25) is 4.79 Å². The molecule has 2 atom stereocenters. The molecule has 3 saturated heterocycles. The van der Waals surface area contributed by atoms with E-state index in [-0.39, 0.29) is 31.1 Å². The first-order valence-corrected chi connectivity index (χ1v) is 9.50. The molecule has 0 aromatic heterocycles. The van der Waals surface area contributed by atoms with E-state index >= 15 is 0 Å². The van der Waals surface area contributed by atoms with Gasteiger partial charge in [0.15, 0.2) is 0 Å². The van der Waals surface area contributed by atoms with E-state index in [1.807, 2.05) is 0 Å². The zero-order valence-electron chi connectivity index (χ0n) is 15.8. The molecule has 0 radical (unpaired) electrons. The van der Waals surface area contributed by atoms with Crippen molar-refractivity contribution in [1.82, 2.24) is 15.1 Å². The van der Waals surface area contributed by atoms with E-state index in [2.05, 4.69) is 5.32 Å². The molecule has 3 amide bonds. The molecule has 3 heterocycles. The normalized spacial score (nSPS) is 26.6. The molecule has 3 aliphatic rings. The minimum atomic E-state index is -4.28. The summed E-state index contributed by atoms with van der Waals surface area (Å²) < 4.78 is 71.1. The van der Waals surface area contributed by atoms with Crippen LogP contribution in [-0.2, 0) is 16.0 Å². The van der Waals surface area contributed by atoms with Crippen molar-refractivity contribution in [1.29, 1.82) is 0 Å². The summed E-state index contributed by atoms with van der Waals surface area (Å²) in [5.74, 6) is -3.85. The van der Waals surface area contributed by atoms with E-state index in [4.69, 9.17) is 4.74 Å². The second kappa shape index (κ2) is 7.36. The number of carbonyl (C=O) groups excluding carboxylic acids is 2. The predicted octanol–water partition coefficient (Wildman–Crippen LogP) is 2.15. The summed E-state index contributed by atoms with van der Waals surface area (Å²) in [5, 5.41) is 2.45. The highest BCUT2D eigenvalue weighted by molar-refractivity contribution is 5.79. The molecule has 6 nitrogen and oxygen atoms in total. The Hall–Kier alpha value is -2.43. The number of hydrogen-bond donors (Lipinski definition) is 1. The number of ether oxygens (including phenoxy) is 1. The molecule has 0 bridgehead atoms. The van der Waals surface area contributed by atoms with Gasteiger partial charge in [0.1, 0.15) is 12.7 Å². The molecular formula is C19H20F5N3O3. The number of nitrogens with zero attached hydrogens (tertiary/aromatic N) is 2. The Morgan fingerprint density at radius 3 is 2.43 bits per heavy atom. The number of hydrogen-bond acceptors (Lipinski definition) is 3. The number of rotatable bonds is 2. The van der Waals surface area contributed by atoms with Gasteiger partial charge >= 0.3 is 12.2 Å². The van der Waals surface area contributed by atoms with Crippen LogP contribution in [0.25, 0.3) is 0 Å². The Morgan fingerprint density at radius 2 is 1.80 bits per heavy atom. The maximum Gasteiger partial charge on any atom is 0.393 e. The topological polar surface area (TPSA) is 61.9 Å². The number of alkyl halides is 5. The first-order chi connectivity index (χ1) is 14.0. The van der Waals surface area contributed by atoms with Crippen LogP contribution in [0, 0.1) is 0 Å². The minimum Gasteiger partial charge on any atom is -0.360 e. The second-order valence-corrected chi connectivity index (χ2v) is 7.97. The van der Waals surface area contributed by atoms with E-state index < -0.39 is 55.8 Å². The SMILES string of the molecule is O=C1CO[C@@H]2[C@@H](CN(C(=O)N3CC(c4ccc(CC(F)(F)F)cc4)C3)CC2(F)F)N1. The lowest BCUT2D eigenvalue weighted by Crippen LogP contribution is -2.70. The smallest absolute Gasteiger partial charge is 0.360 e. The van der Waals surface area contributed by atoms with E-state index in [0.29, 0.717) is 0 Å². The number of halogens is 5. The van der Waals surface area contributed by atoms with Crippen molar-refractivity contribution in [2.45, 2.75) is 36.6 Å². The third-order valence-corrected chi connectivity index (χ3v) is 5.62. The number of amides is 3. The fraction of sp³-hybridized carbons (Fsp3) is 0.579. The molecule has 164 valence electrons. The van der Waals surface area contributed by atoms with Gasteiger partial charge in [0.2, 0.25) is 5.91 Å². The zero-order valence-corrected chi connectivity index (χ0v) is 15.8. The number of piperidine rings is 1. The summed E-state index contributed by atoms with van der Waals surface area (Å²) in [6, 6.07) is 4.48. The fourth-order valence-corrected chi connectivity index (χ4v) is 4.14. The molecule has 0 unspecified atom stereocenters. The fourth-order valence-electron chi connectivity index (χ4n) is 4.14. The third-order valence-electron chi connectivity index (χ3n) is 5.62. The Bertz CT molecular complexity index is 824. The molecular weight excluding hydrogens is 413 g/mol. The molecule has 0 aliphatic carbocycles. The van der Waals surface area contributed by atoms with Gasteiger partial charge in [0.05, 0.1) is 19.0 Å². The van der Waals surface area contributed by atoms with Gasteiger partial charge in [-0.1, -0.05) is 24.3 Å². The van der Waals surface area contributed by atoms with Crippen LogP contribution in [0.1, 0.15) is 17.0 Å². The second-order valence-electron chi connectivity index (χ2n) is 7.97. The number of likely N-dealkylation sites (tertiary alicyclic amines) is 2. The highest BCUT2D eigenvalue weighted by atomic mass is 19.4. The number of carbonyl (C=O) groups is 2. The molecule has 4 rings (SSSR count). The summed E-state index contributed by atoms with van der Waals surface area (Å²) in [6.07, 6.45) is -6.74. The van der Waals surface area contributed by atoms with Crippen molar-refractivity contribution >= 4 is 11.9 Å². The molecule has 30 heavy (non-hydrogen) atoms. The lowest BCUT2D eigenvalue weighted by Gasteiger charge is -2.48. The largest absolute Gasteiger partial charge is 0.393 e. The first-order valence-electron chi connectivity index (χ1n) is 9.50. The maximum absolute atomic E-state index is 14.4. The zero-order chi connectivity index (χ0) is 21.7. The van der Waals surface area contributed by atoms with E-state index in [1.54, 1.807) is 12.1 Å². The van der Waals surface area contributed by atoms with E-state index in [1.165, 1.54) is 17.0 Å². The van der Waals surface area contributed by atoms with Crippen molar-refractivity contribution in [2.24, 2.45) is 0 Å². The summed E-state index contributed by atoms with van der Waals surface area (Å²) in [4.78, 5) is 26.5. The minimum absolute atomic E-state index is 0.0651. The number of fused-ring (bicyclic) bond motifs is 1. The molecule has 3 aliphatic heterocycles. The highest BCUT2D eigenvalue weighted by Gasteiger charge is 2.55. The van der Waals surface area contributed by atoms with Crippen molar-refractivity contribution in [3.05, 3.63) is 35.4 Å². The monoisotopic (exact) mass is 433 g/mol. The van der Waals surface area contributed by atoms with E-state index in [9.17, 15) is 31.5 Å². The van der Waals surface area contributed by atoms with Crippen LogP contribution in [0.2, 0.25) is 0 Å². The van der Waals surface area contributed by atoms with Crippen LogP contribution in [0.5, 0.6) is 0 Å². The molecule has 1 aromatic rings. The third kappa shape index (κ3) is 4.21. The Kier molecular flexibility index (Phi) is 5.11. The summed E-state index contributed by atoms with van der Waals surface area (Å²) in [5.41, 5.74) is 0.947. The average molecular weight is 433 g/mol. The van der Waals surface area contributed by atoms with Crippen LogP contribution in [0.3, 0.4) is 0 Å². The Balaban J connectivity index is 1.34.